The van der Waals surface area contributed by atoms with Crippen LogP contribution in [-0.4, -0.2) is 25.5 Å². The predicted molar refractivity (Wildman–Crippen MR) is 117 cm³/mol. The Bertz CT molecular complexity index is 954. The van der Waals surface area contributed by atoms with Gasteiger partial charge in [0.1, 0.15) is 6.04 Å². The van der Waals surface area contributed by atoms with Crippen molar-refractivity contribution in [2.75, 3.05) is 18.6 Å². The maximum atomic E-state index is 13.2. The molecule has 0 saturated carbocycles. The average Bonchev–Trinajstić information content (AvgIpc) is 2.94. The summed E-state index contributed by atoms with van der Waals surface area (Å²) in [5, 5.41) is 2.80. The Balaban J connectivity index is 1.91. The average molecular weight is 411 g/mol. The van der Waals surface area contributed by atoms with Gasteiger partial charge in [0.15, 0.2) is 11.5 Å². The van der Waals surface area contributed by atoms with Crippen LogP contribution >= 0.6 is 0 Å². The molecule has 2 amide bonds. The number of nitrogens with one attached hydrogen (secondary N) is 1. The molecule has 1 N–H and O–H groups in total. The molecule has 0 bridgehead atoms. The molecule has 6 heteroatoms. The van der Waals surface area contributed by atoms with Crippen LogP contribution in [0.3, 0.4) is 0 Å². The number of unbranched alkanes of at least 4 members (excludes halogenated alkanes) is 1. The lowest BCUT2D eigenvalue weighted by Gasteiger charge is -2.21. The Morgan fingerprint density at radius 1 is 1.17 bits per heavy atom. The van der Waals surface area contributed by atoms with Crippen LogP contribution < -0.4 is 19.7 Å². The van der Waals surface area contributed by atoms with Gasteiger partial charge in [-0.05, 0) is 43.5 Å². The van der Waals surface area contributed by atoms with Crippen LogP contribution in [0.1, 0.15) is 55.0 Å². The number of benzene rings is 2. The fourth-order valence-corrected chi connectivity index (χ4v) is 3.92. The van der Waals surface area contributed by atoms with Crippen molar-refractivity contribution < 1.29 is 19.1 Å². The number of carbonyl (C=O) groups excluding carboxylic acids is 2. The monoisotopic (exact) mass is 410 g/mol. The van der Waals surface area contributed by atoms with E-state index in [1.54, 1.807) is 12.0 Å². The Labute approximate surface area is 178 Å². The van der Waals surface area contributed by atoms with Gasteiger partial charge < -0.3 is 19.7 Å². The molecule has 1 aliphatic heterocycles. The molecule has 0 radical (unpaired) electrons. The van der Waals surface area contributed by atoms with Gasteiger partial charge in [0, 0.05) is 12.5 Å². The lowest BCUT2D eigenvalue weighted by atomic mass is 10.0. The molecular weight excluding hydrogens is 380 g/mol. The van der Waals surface area contributed by atoms with Crippen molar-refractivity contribution in [2.24, 2.45) is 0 Å². The summed E-state index contributed by atoms with van der Waals surface area (Å²) in [7, 11) is 1.61. The van der Waals surface area contributed by atoms with Gasteiger partial charge in [0.2, 0.25) is 5.91 Å². The highest BCUT2D eigenvalue weighted by atomic mass is 16.5. The van der Waals surface area contributed by atoms with E-state index in [1.807, 2.05) is 38.1 Å². The third-order valence-electron chi connectivity index (χ3n) is 5.24. The van der Waals surface area contributed by atoms with E-state index in [4.69, 9.17) is 9.47 Å². The quantitative estimate of drug-likeness (QED) is 0.662. The number of nitrogens with zero attached hydrogens (tertiary/aromatic N) is 1. The molecule has 1 heterocycles. The molecule has 0 saturated heterocycles. The first-order chi connectivity index (χ1) is 14.3. The highest BCUT2D eigenvalue weighted by Gasteiger charge is 2.39. The SMILES string of the molecule is CCCCOc1ccc(CN2C(=O)[C@H](NC(C)=O)c3cc(C)cc(C)c32)cc1OC. The Morgan fingerprint density at radius 3 is 2.60 bits per heavy atom. The number of fused-ring (bicyclic) bond motifs is 1. The minimum Gasteiger partial charge on any atom is -0.493 e. The van der Waals surface area contributed by atoms with E-state index in [0.717, 1.165) is 40.8 Å². The lowest BCUT2D eigenvalue weighted by molar-refractivity contribution is -0.126. The summed E-state index contributed by atoms with van der Waals surface area (Å²) < 4.78 is 11.3. The van der Waals surface area contributed by atoms with Crippen molar-refractivity contribution in [1.29, 1.82) is 0 Å². The van der Waals surface area contributed by atoms with Crippen LogP contribution in [0.15, 0.2) is 30.3 Å². The van der Waals surface area contributed by atoms with Gasteiger partial charge in [-0.3, -0.25) is 9.59 Å². The number of hydrogen-bond donors (Lipinski definition) is 1. The number of methoxy groups -OCH3 is 1. The maximum Gasteiger partial charge on any atom is 0.254 e. The van der Waals surface area contributed by atoms with E-state index in [0.29, 0.717) is 24.7 Å². The second kappa shape index (κ2) is 9.20. The molecule has 30 heavy (non-hydrogen) atoms. The summed E-state index contributed by atoms with van der Waals surface area (Å²) in [4.78, 5) is 26.7. The van der Waals surface area contributed by atoms with Gasteiger partial charge in [0.05, 0.1) is 25.9 Å². The van der Waals surface area contributed by atoms with Crippen LogP contribution in [0.25, 0.3) is 0 Å². The molecular formula is C24H30N2O4. The standard InChI is InChI=1S/C24H30N2O4/c1-6-7-10-30-20-9-8-18(13-21(20)29-5)14-26-23-16(3)11-15(2)12-19(23)22(24(26)28)25-17(4)27/h8-9,11-13,22H,6-7,10,14H2,1-5H3,(H,25,27)/t22-/m1/s1. The molecule has 1 atom stereocenters. The third-order valence-corrected chi connectivity index (χ3v) is 5.24. The molecule has 0 unspecified atom stereocenters. The molecule has 2 aromatic carbocycles. The minimum absolute atomic E-state index is 0.129. The van der Waals surface area contributed by atoms with E-state index in [9.17, 15) is 9.59 Å². The van der Waals surface area contributed by atoms with Crippen molar-refractivity contribution in [1.82, 2.24) is 5.32 Å². The number of carbonyl (C=O) groups is 2. The first-order valence-electron chi connectivity index (χ1n) is 10.3. The molecule has 1 aliphatic rings. The van der Waals surface area contributed by atoms with Gasteiger partial charge in [-0.2, -0.15) is 0 Å². The van der Waals surface area contributed by atoms with Crippen molar-refractivity contribution in [2.45, 2.75) is 53.1 Å². The van der Waals surface area contributed by atoms with E-state index >= 15 is 0 Å². The third kappa shape index (κ3) is 4.42. The number of hydrogen-bond acceptors (Lipinski definition) is 4. The topological polar surface area (TPSA) is 67.9 Å². The zero-order chi connectivity index (χ0) is 21.8. The van der Waals surface area contributed by atoms with Crippen molar-refractivity contribution in [3.05, 3.63) is 52.6 Å². The van der Waals surface area contributed by atoms with E-state index in [2.05, 4.69) is 18.3 Å². The summed E-state index contributed by atoms with van der Waals surface area (Å²) in [6.07, 6.45) is 2.04. The molecule has 0 fully saturated rings. The van der Waals surface area contributed by atoms with Gasteiger partial charge >= 0.3 is 0 Å². The fraction of sp³-hybridized carbons (Fsp3) is 0.417. The molecule has 160 valence electrons. The number of anilines is 1. The normalized spacial score (nSPS) is 15.2. The zero-order valence-corrected chi connectivity index (χ0v) is 18.4. The summed E-state index contributed by atoms with van der Waals surface area (Å²) >= 11 is 0. The van der Waals surface area contributed by atoms with Crippen LogP contribution in [0.5, 0.6) is 11.5 Å². The van der Waals surface area contributed by atoms with E-state index < -0.39 is 6.04 Å². The van der Waals surface area contributed by atoms with Crippen LogP contribution in [0.4, 0.5) is 5.69 Å². The van der Waals surface area contributed by atoms with Gasteiger partial charge in [-0.1, -0.05) is 37.1 Å². The Morgan fingerprint density at radius 2 is 1.93 bits per heavy atom. The predicted octanol–water partition coefficient (Wildman–Crippen LogP) is 4.21. The minimum atomic E-state index is -0.658. The Kier molecular flexibility index (Phi) is 6.65. The Hall–Kier alpha value is -3.02. The second-order valence-corrected chi connectivity index (χ2v) is 7.76. The second-order valence-electron chi connectivity index (χ2n) is 7.76. The van der Waals surface area contributed by atoms with Gasteiger partial charge in [-0.15, -0.1) is 0 Å². The van der Waals surface area contributed by atoms with Gasteiger partial charge in [-0.25, -0.2) is 0 Å². The first kappa shape index (κ1) is 21.7. The molecule has 0 aliphatic carbocycles. The van der Waals surface area contributed by atoms with Gasteiger partial charge in [0.25, 0.3) is 5.91 Å². The maximum absolute atomic E-state index is 13.2. The highest BCUT2D eigenvalue weighted by molar-refractivity contribution is 6.06. The summed E-state index contributed by atoms with van der Waals surface area (Å²) in [6.45, 7) is 8.56. The van der Waals surface area contributed by atoms with Crippen LogP contribution in [0, 0.1) is 13.8 Å². The fourth-order valence-electron chi connectivity index (χ4n) is 3.92. The number of amides is 2. The van der Waals surface area contributed by atoms with Crippen molar-refractivity contribution in [3.8, 4) is 11.5 Å². The largest absolute Gasteiger partial charge is 0.493 e. The van der Waals surface area contributed by atoms with Crippen molar-refractivity contribution in [3.63, 3.8) is 0 Å². The summed E-state index contributed by atoms with van der Waals surface area (Å²) in [6, 6.07) is 9.12. The molecule has 0 aromatic heterocycles. The number of aryl methyl sites for hydroxylation is 2. The number of rotatable bonds is 8. The van der Waals surface area contributed by atoms with E-state index in [1.165, 1.54) is 6.92 Å². The smallest absolute Gasteiger partial charge is 0.254 e. The summed E-state index contributed by atoms with van der Waals surface area (Å²) in [5.41, 5.74) is 4.72. The lowest BCUT2D eigenvalue weighted by Crippen LogP contribution is -2.36. The molecule has 2 aromatic rings. The summed E-state index contributed by atoms with van der Waals surface area (Å²) in [5.74, 6) is 0.993. The molecule has 0 spiro atoms. The first-order valence-corrected chi connectivity index (χ1v) is 10.3. The highest BCUT2D eigenvalue weighted by Crippen LogP contribution is 2.40. The molecule has 3 rings (SSSR count). The van der Waals surface area contributed by atoms with E-state index in [-0.39, 0.29) is 11.8 Å². The van der Waals surface area contributed by atoms with Crippen LogP contribution in [-0.2, 0) is 16.1 Å². The number of ether oxygens (including phenoxy) is 2. The van der Waals surface area contributed by atoms with Crippen LogP contribution in [0.2, 0.25) is 0 Å². The zero-order valence-electron chi connectivity index (χ0n) is 18.4. The molecule has 6 nitrogen and oxygen atoms in total. The van der Waals surface area contributed by atoms with Crippen molar-refractivity contribution >= 4 is 17.5 Å².